The number of oxime groups is 1. The number of alkyl halides is 3. The van der Waals surface area contributed by atoms with Crippen LogP contribution in [-0.2, 0) is 15.2 Å². The van der Waals surface area contributed by atoms with Crippen molar-refractivity contribution in [3.8, 4) is 0 Å². The van der Waals surface area contributed by atoms with Crippen LogP contribution in [0.5, 0.6) is 0 Å². The average Bonchev–Trinajstić information content (AvgIpc) is 3.32. The molecule has 0 radical (unpaired) electrons. The molecule has 2 aromatic rings. The van der Waals surface area contributed by atoms with Gasteiger partial charge in [0.05, 0.1) is 33.3 Å². The van der Waals surface area contributed by atoms with Crippen LogP contribution in [0.4, 0.5) is 22.0 Å². The van der Waals surface area contributed by atoms with E-state index in [1.165, 1.54) is 19.9 Å². The number of thiophene rings is 1. The fourth-order valence-corrected chi connectivity index (χ4v) is 4.80. The van der Waals surface area contributed by atoms with Gasteiger partial charge in [0.25, 0.3) is 5.91 Å². The Balaban J connectivity index is 1.72. The van der Waals surface area contributed by atoms with Gasteiger partial charge < -0.3 is 10.2 Å². The van der Waals surface area contributed by atoms with Crippen molar-refractivity contribution >= 4 is 40.3 Å². The molecule has 1 amide bonds. The van der Waals surface area contributed by atoms with Crippen LogP contribution in [0.15, 0.2) is 17.3 Å². The second-order valence-corrected chi connectivity index (χ2v) is 9.63. The van der Waals surface area contributed by atoms with Gasteiger partial charge in [-0.3, -0.25) is 9.59 Å². The molecule has 34 heavy (non-hydrogen) atoms. The summed E-state index contributed by atoms with van der Waals surface area (Å²) in [4.78, 5) is 30.2. The zero-order chi connectivity index (χ0) is 25.4. The molecular formula is C22H20ClF5N2O3S. The van der Waals surface area contributed by atoms with E-state index < -0.39 is 54.5 Å². The number of nitrogens with zero attached hydrogens (tertiary/aromatic N) is 1. The van der Waals surface area contributed by atoms with Crippen molar-refractivity contribution in [1.29, 1.82) is 0 Å². The van der Waals surface area contributed by atoms with E-state index in [0.29, 0.717) is 16.2 Å². The predicted molar refractivity (Wildman–Crippen MR) is 117 cm³/mol. The largest absolute Gasteiger partial charge is 0.389 e. The van der Waals surface area contributed by atoms with Crippen LogP contribution in [0.2, 0.25) is 5.02 Å². The van der Waals surface area contributed by atoms with E-state index in [-0.39, 0.29) is 27.4 Å². The number of hydrogen-bond acceptors (Lipinski definition) is 5. The number of benzene rings is 1. The first-order valence-corrected chi connectivity index (χ1v) is 11.3. The minimum Gasteiger partial charge on any atom is -0.384 e. The van der Waals surface area contributed by atoms with Crippen LogP contribution in [0.3, 0.4) is 0 Å². The van der Waals surface area contributed by atoms with Gasteiger partial charge in [-0.25, -0.2) is 8.78 Å². The molecule has 0 bridgehead atoms. The second-order valence-electron chi connectivity index (χ2n) is 8.17. The maximum atomic E-state index is 14.7. The number of halogens is 6. The number of Topliss-reactive ketones (excluding diaryl/α,β-unsaturated/α-hetero) is 1. The highest BCUT2D eigenvalue weighted by molar-refractivity contribution is 7.16. The van der Waals surface area contributed by atoms with E-state index in [4.69, 9.17) is 16.4 Å². The Bertz CT molecular complexity index is 1150. The Hall–Kier alpha value is -2.53. The lowest BCUT2D eigenvalue weighted by atomic mass is 9.88. The summed E-state index contributed by atoms with van der Waals surface area (Å²) in [5.41, 5.74) is -0.778. The van der Waals surface area contributed by atoms with E-state index in [1.54, 1.807) is 13.0 Å². The lowest BCUT2D eigenvalue weighted by Gasteiger charge is -2.24. The van der Waals surface area contributed by atoms with Crippen molar-refractivity contribution in [3.63, 3.8) is 0 Å². The number of amides is 1. The number of carbonyl (C=O) groups is 2. The van der Waals surface area contributed by atoms with Gasteiger partial charge >= 0.3 is 6.18 Å². The van der Waals surface area contributed by atoms with Gasteiger partial charge in [0.15, 0.2) is 17.2 Å². The fourth-order valence-electron chi connectivity index (χ4n) is 3.48. The van der Waals surface area contributed by atoms with Crippen molar-refractivity contribution in [2.24, 2.45) is 5.16 Å². The van der Waals surface area contributed by atoms with Crippen LogP contribution in [-0.4, -0.2) is 30.1 Å². The average molecular weight is 523 g/mol. The van der Waals surface area contributed by atoms with E-state index in [0.717, 1.165) is 11.3 Å². The molecule has 2 heterocycles. The normalized spacial score (nSPS) is 18.0. The quantitative estimate of drug-likeness (QED) is 0.359. The Morgan fingerprint density at radius 3 is 2.53 bits per heavy atom. The number of carbonyl (C=O) groups excluding carboxylic acids is 2. The molecule has 3 rings (SSSR count). The van der Waals surface area contributed by atoms with Crippen LogP contribution in [0.1, 0.15) is 57.4 Å². The zero-order valence-corrected chi connectivity index (χ0v) is 19.9. The summed E-state index contributed by atoms with van der Waals surface area (Å²) in [7, 11) is 0. The van der Waals surface area contributed by atoms with Crippen molar-refractivity contribution in [1.82, 2.24) is 5.32 Å². The van der Waals surface area contributed by atoms with Crippen molar-refractivity contribution in [3.05, 3.63) is 55.2 Å². The predicted octanol–water partition coefficient (Wildman–Crippen LogP) is 5.98. The molecule has 12 heteroatoms. The zero-order valence-electron chi connectivity index (χ0n) is 18.3. The first kappa shape index (κ1) is 26.1. The molecule has 1 aliphatic rings. The van der Waals surface area contributed by atoms with Gasteiger partial charge in [0.2, 0.25) is 0 Å². The Kier molecular flexibility index (Phi) is 7.37. The summed E-state index contributed by atoms with van der Waals surface area (Å²) < 4.78 is 66.1. The molecule has 1 aromatic carbocycles. The van der Waals surface area contributed by atoms with E-state index in [1.807, 2.05) is 0 Å². The second kappa shape index (κ2) is 9.61. The van der Waals surface area contributed by atoms with Gasteiger partial charge in [0, 0.05) is 12.8 Å². The third kappa shape index (κ3) is 5.57. The summed E-state index contributed by atoms with van der Waals surface area (Å²) in [6, 6.07) is 2.81. The van der Waals surface area contributed by atoms with E-state index >= 15 is 0 Å². The molecule has 5 nitrogen and oxygen atoms in total. The molecule has 1 unspecified atom stereocenters. The van der Waals surface area contributed by atoms with Crippen molar-refractivity contribution in [2.45, 2.75) is 51.8 Å². The monoisotopic (exact) mass is 522 g/mol. The number of rotatable bonds is 7. The smallest absolute Gasteiger partial charge is 0.384 e. The Morgan fingerprint density at radius 2 is 1.88 bits per heavy atom. The third-order valence-corrected chi connectivity index (χ3v) is 6.83. The summed E-state index contributed by atoms with van der Waals surface area (Å²) in [6.07, 6.45) is -6.43. The highest BCUT2D eigenvalue weighted by atomic mass is 35.5. The van der Waals surface area contributed by atoms with E-state index in [9.17, 15) is 31.5 Å². The lowest BCUT2D eigenvalue weighted by molar-refractivity contribution is -0.142. The number of ketones is 1. The molecular weight excluding hydrogens is 503 g/mol. The standard InChI is InChI=1S/C22H20ClF5N2O3S/c1-10-6-13(23)18(25)16(17(10)24)21(3)8-14(30-33-21)15-7-11(2)19(34-15)20(32)29-9-12(31)4-5-22(26,27)28/h6-7H,4-5,8-9H2,1-3H3,(H,29,32). The molecule has 1 aromatic heterocycles. The lowest BCUT2D eigenvalue weighted by Crippen LogP contribution is -2.29. The Labute approximate surface area is 200 Å². The summed E-state index contributed by atoms with van der Waals surface area (Å²) in [5, 5.41) is 6.04. The van der Waals surface area contributed by atoms with Gasteiger partial charge in [-0.05, 0) is 44.0 Å². The fraction of sp³-hybridized carbons (Fsp3) is 0.409. The summed E-state index contributed by atoms with van der Waals surface area (Å²) >= 11 is 6.90. The number of aryl methyl sites for hydroxylation is 2. The maximum absolute atomic E-state index is 14.7. The highest BCUT2D eigenvalue weighted by Gasteiger charge is 2.43. The summed E-state index contributed by atoms with van der Waals surface area (Å²) in [5.74, 6) is -3.11. The van der Waals surface area contributed by atoms with Crippen molar-refractivity contribution in [2.75, 3.05) is 6.54 Å². The molecule has 0 fully saturated rings. The van der Waals surface area contributed by atoms with Gasteiger partial charge in [-0.1, -0.05) is 16.8 Å². The summed E-state index contributed by atoms with van der Waals surface area (Å²) in [6.45, 7) is 4.03. The van der Waals surface area contributed by atoms with Crippen LogP contribution < -0.4 is 5.32 Å². The highest BCUT2D eigenvalue weighted by Crippen LogP contribution is 2.42. The van der Waals surface area contributed by atoms with Gasteiger partial charge in [0.1, 0.15) is 11.5 Å². The first-order valence-electron chi connectivity index (χ1n) is 10.1. The van der Waals surface area contributed by atoms with E-state index in [2.05, 4.69) is 10.5 Å². The van der Waals surface area contributed by atoms with Gasteiger partial charge in [-0.15, -0.1) is 11.3 Å². The van der Waals surface area contributed by atoms with Crippen LogP contribution in [0, 0.1) is 25.5 Å². The molecule has 0 saturated heterocycles. The first-order chi connectivity index (χ1) is 15.7. The Morgan fingerprint density at radius 1 is 1.21 bits per heavy atom. The minimum atomic E-state index is -4.45. The van der Waals surface area contributed by atoms with Crippen molar-refractivity contribution < 1.29 is 36.4 Å². The number of hydrogen-bond donors (Lipinski definition) is 1. The SMILES string of the molecule is Cc1cc(C2=NOC(C)(c3c(F)c(C)cc(Cl)c3F)C2)sc1C(=O)NCC(=O)CCC(F)(F)F. The molecule has 0 aliphatic carbocycles. The minimum absolute atomic E-state index is 0.00242. The molecule has 1 N–H and O–H groups in total. The molecule has 1 atom stereocenters. The van der Waals surface area contributed by atoms with Gasteiger partial charge in [-0.2, -0.15) is 13.2 Å². The molecule has 0 spiro atoms. The maximum Gasteiger partial charge on any atom is 0.389 e. The topological polar surface area (TPSA) is 67.8 Å². The molecule has 184 valence electrons. The number of nitrogens with one attached hydrogen (secondary N) is 1. The van der Waals surface area contributed by atoms with Crippen LogP contribution in [0.25, 0.3) is 0 Å². The van der Waals surface area contributed by atoms with Crippen LogP contribution >= 0.6 is 22.9 Å². The third-order valence-electron chi connectivity index (χ3n) is 5.27. The molecule has 0 saturated carbocycles. The molecule has 1 aliphatic heterocycles.